The maximum atomic E-state index is 3.59. The summed E-state index contributed by atoms with van der Waals surface area (Å²) in [4.78, 5) is 0. The molecule has 0 bridgehead atoms. The van der Waals surface area contributed by atoms with Crippen LogP contribution in [0.5, 0.6) is 0 Å². The van der Waals surface area contributed by atoms with Crippen molar-refractivity contribution in [1.29, 1.82) is 0 Å². The van der Waals surface area contributed by atoms with E-state index in [0.29, 0.717) is 0 Å². The molecule has 106 valence electrons. The van der Waals surface area contributed by atoms with E-state index in [4.69, 9.17) is 0 Å². The summed E-state index contributed by atoms with van der Waals surface area (Å²) in [7, 11) is 2.17. The van der Waals surface area contributed by atoms with Gasteiger partial charge in [-0.15, -0.1) is 0 Å². The van der Waals surface area contributed by atoms with Crippen molar-refractivity contribution in [2.45, 2.75) is 89.5 Å². The summed E-state index contributed by atoms with van der Waals surface area (Å²) in [6.45, 7) is 0. The van der Waals surface area contributed by atoms with Gasteiger partial charge in [0, 0.05) is 6.04 Å². The molecule has 0 aromatic heterocycles. The van der Waals surface area contributed by atoms with Crippen LogP contribution in [0.2, 0.25) is 0 Å². The summed E-state index contributed by atoms with van der Waals surface area (Å²) in [5.41, 5.74) is 0. The minimum Gasteiger partial charge on any atom is -0.317 e. The van der Waals surface area contributed by atoms with Gasteiger partial charge in [0.25, 0.3) is 0 Å². The van der Waals surface area contributed by atoms with Crippen molar-refractivity contribution in [3.05, 3.63) is 0 Å². The molecule has 0 heterocycles. The molecule has 1 unspecified atom stereocenters. The number of nitrogens with one attached hydrogen (secondary N) is 1. The second-order valence-electron chi connectivity index (χ2n) is 6.81. The van der Waals surface area contributed by atoms with E-state index in [2.05, 4.69) is 12.4 Å². The molecule has 0 spiro atoms. The number of hydrogen-bond donors (Lipinski definition) is 1. The fourth-order valence-electron chi connectivity index (χ4n) is 4.12. The van der Waals surface area contributed by atoms with Crippen LogP contribution < -0.4 is 5.32 Å². The monoisotopic (exact) mass is 251 g/mol. The summed E-state index contributed by atoms with van der Waals surface area (Å²) in [6, 6.07) is 0.801. The van der Waals surface area contributed by atoms with Crippen LogP contribution in [0.3, 0.4) is 0 Å². The molecule has 0 amide bonds. The molecule has 0 aromatic carbocycles. The van der Waals surface area contributed by atoms with Crippen molar-refractivity contribution in [3.63, 3.8) is 0 Å². The molecule has 0 saturated heterocycles. The van der Waals surface area contributed by atoms with Gasteiger partial charge < -0.3 is 5.32 Å². The highest BCUT2D eigenvalue weighted by Crippen LogP contribution is 2.31. The minimum absolute atomic E-state index is 0.801. The fraction of sp³-hybridized carbons (Fsp3) is 1.00. The Bertz CT molecular complexity index is 202. The van der Waals surface area contributed by atoms with Crippen molar-refractivity contribution in [2.75, 3.05) is 7.05 Å². The molecule has 1 nitrogen and oxygen atoms in total. The van der Waals surface area contributed by atoms with Gasteiger partial charge in [-0.25, -0.2) is 0 Å². The molecule has 1 N–H and O–H groups in total. The molecule has 2 rings (SSSR count). The molecular formula is C17H33N. The molecule has 18 heavy (non-hydrogen) atoms. The van der Waals surface area contributed by atoms with Gasteiger partial charge in [0.05, 0.1) is 0 Å². The molecule has 0 aliphatic heterocycles. The van der Waals surface area contributed by atoms with Crippen LogP contribution in [0.25, 0.3) is 0 Å². The highest BCUT2D eigenvalue weighted by Gasteiger charge is 2.20. The van der Waals surface area contributed by atoms with Crippen LogP contribution in [-0.4, -0.2) is 13.1 Å². The van der Waals surface area contributed by atoms with Crippen molar-refractivity contribution in [3.8, 4) is 0 Å². The van der Waals surface area contributed by atoms with E-state index in [1.807, 2.05) is 0 Å². The van der Waals surface area contributed by atoms with Crippen molar-refractivity contribution < 1.29 is 0 Å². The summed E-state index contributed by atoms with van der Waals surface area (Å²) < 4.78 is 0. The van der Waals surface area contributed by atoms with Crippen LogP contribution in [0.15, 0.2) is 0 Å². The summed E-state index contributed by atoms with van der Waals surface area (Å²) in [5.74, 6) is 2.09. The first kappa shape index (κ1) is 14.4. The Morgan fingerprint density at radius 1 is 0.833 bits per heavy atom. The predicted molar refractivity (Wildman–Crippen MR) is 79.8 cm³/mol. The Hall–Kier alpha value is -0.0400. The lowest BCUT2D eigenvalue weighted by Gasteiger charge is -2.28. The largest absolute Gasteiger partial charge is 0.317 e. The first-order chi connectivity index (χ1) is 8.88. The standard InChI is InChI=1S/C17H33N/c1-18-17(14-16-10-6-3-7-11-16)13-12-15-8-4-2-5-9-15/h15-18H,2-14H2,1H3. The van der Waals surface area contributed by atoms with E-state index >= 15 is 0 Å². The molecule has 2 saturated carbocycles. The van der Waals surface area contributed by atoms with Crippen molar-refractivity contribution in [2.24, 2.45) is 11.8 Å². The summed E-state index contributed by atoms with van der Waals surface area (Å²) in [6.07, 6.45) is 19.3. The molecule has 0 aromatic rings. The van der Waals surface area contributed by atoms with Gasteiger partial charge in [-0.3, -0.25) is 0 Å². The fourth-order valence-corrected chi connectivity index (χ4v) is 4.12. The molecule has 2 aliphatic carbocycles. The van der Waals surface area contributed by atoms with Gasteiger partial charge in [-0.2, -0.15) is 0 Å². The first-order valence-corrected chi connectivity index (χ1v) is 8.55. The topological polar surface area (TPSA) is 12.0 Å². The van der Waals surface area contributed by atoms with E-state index in [9.17, 15) is 0 Å². The normalized spacial score (nSPS) is 25.2. The third-order valence-corrected chi connectivity index (χ3v) is 5.40. The molecule has 2 fully saturated rings. The smallest absolute Gasteiger partial charge is 0.00668 e. The minimum atomic E-state index is 0.801. The maximum absolute atomic E-state index is 3.59. The predicted octanol–water partition coefficient (Wildman–Crippen LogP) is 4.91. The second kappa shape index (κ2) is 8.19. The molecule has 1 atom stereocenters. The van der Waals surface area contributed by atoms with Gasteiger partial charge in [0.1, 0.15) is 0 Å². The molecular weight excluding hydrogens is 218 g/mol. The first-order valence-electron chi connectivity index (χ1n) is 8.55. The SMILES string of the molecule is CNC(CCC1CCCCC1)CC1CCCCC1. The third-order valence-electron chi connectivity index (χ3n) is 5.40. The Labute approximate surface area is 114 Å². The summed E-state index contributed by atoms with van der Waals surface area (Å²) in [5, 5.41) is 3.59. The third kappa shape index (κ3) is 4.91. The van der Waals surface area contributed by atoms with E-state index < -0.39 is 0 Å². The average molecular weight is 251 g/mol. The van der Waals surface area contributed by atoms with Gasteiger partial charge in [-0.05, 0) is 38.1 Å². The lowest BCUT2D eigenvalue weighted by Crippen LogP contribution is -2.29. The number of rotatable bonds is 6. The van der Waals surface area contributed by atoms with E-state index in [1.165, 1.54) is 83.5 Å². The Balaban J connectivity index is 1.64. The molecule has 1 heteroatoms. The Morgan fingerprint density at radius 3 is 1.94 bits per heavy atom. The highest BCUT2D eigenvalue weighted by molar-refractivity contribution is 4.76. The summed E-state index contributed by atoms with van der Waals surface area (Å²) >= 11 is 0. The van der Waals surface area contributed by atoms with Crippen LogP contribution in [0.1, 0.15) is 83.5 Å². The van der Waals surface area contributed by atoms with Crippen LogP contribution in [0, 0.1) is 11.8 Å². The zero-order valence-corrected chi connectivity index (χ0v) is 12.4. The van der Waals surface area contributed by atoms with Gasteiger partial charge in [0.2, 0.25) is 0 Å². The Morgan fingerprint density at radius 2 is 1.39 bits per heavy atom. The van der Waals surface area contributed by atoms with Crippen LogP contribution in [0.4, 0.5) is 0 Å². The average Bonchev–Trinajstić information content (AvgIpc) is 2.45. The van der Waals surface area contributed by atoms with E-state index in [-0.39, 0.29) is 0 Å². The number of hydrogen-bond acceptors (Lipinski definition) is 1. The lowest BCUT2D eigenvalue weighted by molar-refractivity contribution is 0.271. The van der Waals surface area contributed by atoms with E-state index in [1.54, 1.807) is 0 Å². The lowest BCUT2D eigenvalue weighted by atomic mass is 9.81. The van der Waals surface area contributed by atoms with Gasteiger partial charge in [-0.1, -0.05) is 64.2 Å². The van der Waals surface area contributed by atoms with E-state index in [0.717, 1.165) is 17.9 Å². The van der Waals surface area contributed by atoms with Crippen molar-refractivity contribution in [1.82, 2.24) is 5.32 Å². The molecule has 2 aliphatic rings. The van der Waals surface area contributed by atoms with Crippen LogP contribution >= 0.6 is 0 Å². The quantitative estimate of drug-likeness (QED) is 0.707. The zero-order valence-electron chi connectivity index (χ0n) is 12.4. The van der Waals surface area contributed by atoms with Gasteiger partial charge >= 0.3 is 0 Å². The highest BCUT2D eigenvalue weighted by atomic mass is 14.9. The molecule has 0 radical (unpaired) electrons. The van der Waals surface area contributed by atoms with Crippen molar-refractivity contribution >= 4 is 0 Å². The van der Waals surface area contributed by atoms with Crippen LogP contribution in [-0.2, 0) is 0 Å². The second-order valence-corrected chi connectivity index (χ2v) is 6.81. The zero-order chi connectivity index (χ0) is 12.6. The Kier molecular flexibility index (Phi) is 6.54. The van der Waals surface area contributed by atoms with Gasteiger partial charge in [0.15, 0.2) is 0 Å². The maximum Gasteiger partial charge on any atom is 0.00668 e.